The zero-order valence-electron chi connectivity index (χ0n) is 17.7. The first-order valence-electron chi connectivity index (χ1n) is 10.9. The fourth-order valence-electron chi connectivity index (χ4n) is 4.49. The van der Waals surface area contributed by atoms with E-state index in [1.807, 2.05) is 0 Å². The van der Waals surface area contributed by atoms with E-state index in [9.17, 15) is 0 Å². The van der Waals surface area contributed by atoms with Gasteiger partial charge in [0, 0.05) is 0 Å². The number of rotatable bonds is 6. The van der Waals surface area contributed by atoms with Crippen molar-refractivity contribution >= 4 is 25.0 Å². The van der Waals surface area contributed by atoms with Crippen LogP contribution in [-0.2, 0) is 0 Å². The van der Waals surface area contributed by atoms with E-state index >= 15 is 0 Å². The number of allylic oxidation sites excluding steroid dienone is 1. The van der Waals surface area contributed by atoms with Crippen molar-refractivity contribution in [2.75, 3.05) is 0 Å². The van der Waals surface area contributed by atoms with Crippen molar-refractivity contribution in [2.45, 2.75) is 19.3 Å². The van der Waals surface area contributed by atoms with Crippen LogP contribution in [0.2, 0.25) is 0 Å². The molecule has 0 nitrogen and oxygen atoms in total. The first-order valence-corrected chi connectivity index (χ1v) is 12.6. The minimum atomic E-state index is 0.179. The van der Waals surface area contributed by atoms with Crippen LogP contribution in [0.1, 0.15) is 36.0 Å². The molecule has 1 aliphatic carbocycles. The summed E-state index contributed by atoms with van der Waals surface area (Å²) in [6, 6.07) is 44.1. The third-order valence-electron chi connectivity index (χ3n) is 6.27. The SMILES string of the molecule is C[C@@]1(C([Se]c2ccccc2)=C(c2ccccc2)c2ccccc2)C[C@@H]1c1ccccc1. The van der Waals surface area contributed by atoms with Gasteiger partial charge in [0.05, 0.1) is 0 Å². The van der Waals surface area contributed by atoms with Gasteiger partial charge < -0.3 is 0 Å². The average Bonchev–Trinajstić information content (AvgIpc) is 3.54. The molecule has 0 heterocycles. The zero-order chi connectivity index (χ0) is 21.1. The van der Waals surface area contributed by atoms with E-state index in [0.29, 0.717) is 5.92 Å². The van der Waals surface area contributed by atoms with E-state index in [-0.39, 0.29) is 20.4 Å². The quantitative estimate of drug-likeness (QED) is 0.279. The summed E-state index contributed by atoms with van der Waals surface area (Å²) in [4.78, 5) is 0. The van der Waals surface area contributed by atoms with Gasteiger partial charge in [-0.1, -0.05) is 0 Å². The van der Waals surface area contributed by atoms with Gasteiger partial charge in [-0.25, -0.2) is 0 Å². The van der Waals surface area contributed by atoms with Crippen molar-refractivity contribution in [1.82, 2.24) is 0 Å². The fraction of sp³-hybridized carbons (Fsp3) is 0.133. The summed E-state index contributed by atoms with van der Waals surface area (Å²) < 4.78 is 3.05. The summed E-state index contributed by atoms with van der Waals surface area (Å²) in [5, 5.41) is 0. The summed E-state index contributed by atoms with van der Waals surface area (Å²) in [5.74, 6) is 0.580. The van der Waals surface area contributed by atoms with E-state index < -0.39 is 0 Å². The molecular weight excluding hydrogens is 439 g/mol. The van der Waals surface area contributed by atoms with E-state index in [4.69, 9.17) is 0 Å². The molecule has 0 aromatic heterocycles. The van der Waals surface area contributed by atoms with Crippen LogP contribution >= 0.6 is 0 Å². The molecule has 31 heavy (non-hydrogen) atoms. The van der Waals surface area contributed by atoms with Crippen molar-refractivity contribution in [3.63, 3.8) is 0 Å². The fourth-order valence-corrected chi connectivity index (χ4v) is 7.27. The molecule has 0 aliphatic heterocycles. The van der Waals surface area contributed by atoms with Crippen molar-refractivity contribution < 1.29 is 0 Å². The second-order valence-corrected chi connectivity index (χ2v) is 10.7. The Kier molecular flexibility index (Phi) is 5.64. The molecule has 0 radical (unpaired) electrons. The van der Waals surface area contributed by atoms with E-state index in [1.54, 1.807) is 4.47 Å². The van der Waals surface area contributed by atoms with Crippen LogP contribution in [0.4, 0.5) is 0 Å². The van der Waals surface area contributed by atoms with Gasteiger partial charge >= 0.3 is 192 Å². The molecule has 2 atom stereocenters. The van der Waals surface area contributed by atoms with Crippen molar-refractivity contribution in [2.24, 2.45) is 5.41 Å². The van der Waals surface area contributed by atoms with E-state index in [2.05, 4.69) is 128 Å². The maximum atomic E-state index is 2.48. The van der Waals surface area contributed by atoms with Crippen LogP contribution < -0.4 is 4.46 Å². The summed E-state index contributed by atoms with van der Waals surface area (Å²) in [7, 11) is 0. The third kappa shape index (κ3) is 4.17. The second kappa shape index (κ2) is 8.71. The van der Waals surface area contributed by atoms with Gasteiger partial charge in [-0.3, -0.25) is 0 Å². The molecule has 0 saturated heterocycles. The zero-order valence-corrected chi connectivity index (χ0v) is 19.5. The van der Waals surface area contributed by atoms with Gasteiger partial charge in [0.15, 0.2) is 0 Å². The molecule has 0 bridgehead atoms. The monoisotopic (exact) mass is 466 g/mol. The Morgan fingerprint density at radius 3 is 1.61 bits per heavy atom. The predicted octanol–water partition coefficient (Wildman–Crippen LogP) is 6.67. The molecule has 1 aliphatic rings. The Labute approximate surface area is 191 Å². The summed E-state index contributed by atoms with van der Waals surface area (Å²) in [6.45, 7) is 2.48. The summed E-state index contributed by atoms with van der Waals surface area (Å²) in [6.07, 6.45) is 1.21. The summed E-state index contributed by atoms with van der Waals surface area (Å²) in [5.41, 5.74) is 5.71. The summed E-state index contributed by atoms with van der Waals surface area (Å²) >= 11 is 0.251. The Balaban J connectivity index is 1.70. The number of hydrogen-bond acceptors (Lipinski definition) is 0. The first kappa shape index (κ1) is 20.1. The van der Waals surface area contributed by atoms with Crippen LogP contribution in [0.3, 0.4) is 0 Å². The van der Waals surface area contributed by atoms with Gasteiger partial charge in [-0.2, -0.15) is 0 Å². The minimum absolute atomic E-state index is 0.179. The van der Waals surface area contributed by atoms with Gasteiger partial charge in [-0.15, -0.1) is 0 Å². The van der Waals surface area contributed by atoms with E-state index in [1.165, 1.54) is 33.1 Å². The molecule has 0 spiro atoms. The molecule has 0 amide bonds. The molecule has 0 unspecified atom stereocenters. The molecule has 1 saturated carbocycles. The van der Waals surface area contributed by atoms with Crippen LogP contribution in [0.5, 0.6) is 0 Å². The van der Waals surface area contributed by atoms with Crippen molar-refractivity contribution in [1.29, 1.82) is 0 Å². The Bertz CT molecular complexity index is 1120. The molecule has 4 aromatic rings. The standard InChI is InChI=1S/C30H26Se/c1-30(22-27(30)23-14-6-2-7-15-23)29(31-26-20-12-5-13-21-26)28(24-16-8-3-9-17-24)25-18-10-4-11-19-25/h2-21,27H,22H2,1H3/t27-,30-/m1/s1. The molecule has 0 N–H and O–H groups in total. The molecule has 1 fully saturated rings. The molecular formula is C30H26Se. The molecule has 1 heteroatoms. The number of benzene rings is 4. The van der Waals surface area contributed by atoms with Crippen molar-refractivity contribution in [3.8, 4) is 0 Å². The van der Waals surface area contributed by atoms with Gasteiger partial charge in [0.2, 0.25) is 0 Å². The molecule has 4 aromatic carbocycles. The Hall–Kier alpha value is -2.86. The molecule has 152 valence electrons. The average molecular weight is 465 g/mol. The van der Waals surface area contributed by atoms with Crippen LogP contribution in [0.15, 0.2) is 126 Å². The Morgan fingerprint density at radius 2 is 1.10 bits per heavy atom. The van der Waals surface area contributed by atoms with Gasteiger partial charge in [0.1, 0.15) is 0 Å². The second-order valence-electron chi connectivity index (χ2n) is 8.44. The Morgan fingerprint density at radius 1 is 0.645 bits per heavy atom. The van der Waals surface area contributed by atoms with Gasteiger partial charge in [0.25, 0.3) is 0 Å². The van der Waals surface area contributed by atoms with Crippen molar-refractivity contribution in [3.05, 3.63) is 142 Å². The third-order valence-corrected chi connectivity index (χ3v) is 9.17. The first-order chi connectivity index (χ1) is 15.3. The van der Waals surface area contributed by atoms with E-state index in [0.717, 1.165) is 0 Å². The van der Waals surface area contributed by atoms with Crippen LogP contribution in [-0.4, -0.2) is 15.0 Å². The predicted molar refractivity (Wildman–Crippen MR) is 133 cm³/mol. The normalized spacial score (nSPS) is 19.6. The topological polar surface area (TPSA) is 0 Å². The number of hydrogen-bond donors (Lipinski definition) is 0. The van der Waals surface area contributed by atoms with Gasteiger partial charge in [-0.05, 0) is 0 Å². The van der Waals surface area contributed by atoms with Crippen LogP contribution in [0, 0.1) is 5.41 Å². The molecule has 5 rings (SSSR count). The maximum absolute atomic E-state index is 2.48. The van der Waals surface area contributed by atoms with Crippen LogP contribution in [0.25, 0.3) is 5.57 Å².